The normalized spacial score (nSPS) is 14.5. The van der Waals surface area contributed by atoms with E-state index >= 15 is 0 Å². The Hall–Kier alpha value is -2.22. The minimum absolute atomic E-state index is 0.0666. The van der Waals surface area contributed by atoms with Gasteiger partial charge in [-0.25, -0.2) is 0 Å². The molecule has 0 saturated carbocycles. The molecule has 1 aliphatic rings. The molecular weight excluding hydrogens is 378 g/mol. The first-order valence-corrected chi connectivity index (χ1v) is 10.4. The van der Waals surface area contributed by atoms with Gasteiger partial charge in [0.05, 0.1) is 17.4 Å². The molecule has 1 saturated heterocycles. The summed E-state index contributed by atoms with van der Waals surface area (Å²) in [7, 11) is -2.59. The lowest BCUT2D eigenvalue weighted by Crippen LogP contribution is -2.39. The van der Waals surface area contributed by atoms with E-state index in [-0.39, 0.29) is 10.9 Å². The highest BCUT2D eigenvalue weighted by Gasteiger charge is 2.31. The number of carbonyl (C=O) groups excluding carboxylic acids is 1. The zero-order valence-electron chi connectivity index (χ0n) is 16.6. The smallest absolute Gasteiger partial charge is 0.315 e. The van der Waals surface area contributed by atoms with Gasteiger partial charge in [0.2, 0.25) is 0 Å². The fourth-order valence-electron chi connectivity index (χ4n) is 2.78. The second-order valence-corrected chi connectivity index (χ2v) is 8.80. The van der Waals surface area contributed by atoms with Gasteiger partial charge in [0.25, 0.3) is 10.1 Å². The molecule has 6 nitrogen and oxygen atoms in total. The van der Waals surface area contributed by atoms with Crippen LogP contribution in [0.3, 0.4) is 0 Å². The van der Waals surface area contributed by atoms with Crippen molar-refractivity contribution in [3.63, 3.8) is 0 Å². The number of esters is 1. The average Bonchev–Trinajstić information content (AvgIpc) is 2.60. The molecule has 2 N–H and O–H groups in total. The van der Waals surface area contributed by atoms with E-state index in [2.05, 4.69) is 17.4 Å². The third kappa shape index (κ3) is 5.41. The second kappa shape index (κ2) is 8.86. The van der Waals surface area contributed by atoms with E-state index in [0.29, 0.717) is 5.92 Å². The molecule has 0 spiro atoms. The summed E-state index contributed by atoms with van der Waals surface area (Å²) in [4.78, 5) is 11.6. The molecule has 7 heteroatoms. The number of carbonyl (C=O) groups is 1. The standard InChI is InChI=1S/C14H19NO2.C7H8O3S/c1-14(2,13(16)17-3)12-6-4-10(5-7-12)11-8-15-9-11;1-6-2-4-7(5-3-6)11(8,9)10/h4-7,11,15H,8-9H2,1-3H3;2-5H,1H3,(H,8,9,10). The number of rotatable bonds is 4. The maximum absolute atomic E-state index is 11.7. The summed E-state index contributed by atoms with van der Waals surface area (Å²) >= 11 is 0. The van der Waals surface area contributed by atoms with Crippen molar-refractivity contribution in [2.24, 2.45) is 0 Å². The summed E-state index contributed by atoms with van der Waals surface area (Å²) in [6.07, 6.45) is 0. The maximum atomic E-state index is 11.7. The van der Waals surface area contributed by atoms with Crippen LogP contribution in [0.25, 0.3) is 0 Å². The van der Waals surface area contributed by atoms with Crippen molar-refractivity contribution in [3.8, 4) is 0 Å². The van der Waals surface area contributed by atoms with Crippen molar-refractivity contribution in [1.82, 2.24) is 5.32 Å². The molecule has 1 heterocycles. The van der Waals surface area contributed by atoms with Crippen molar-refractivity contribution in [2.75, 3.05) is 20.2 Å². The SMILES string of the molecule is COC(=O)C(C)(C)c1ccc(C2CNC2)cc1.Cc1ccc(S(=O)(=O)O)cc1. The molecular formula is C21H27NO5S. The highest BCUT2D eigenvalue weighted by atomic mass is 32.2. The number of nitrogens with one attached hydrogen (secondary N) is 1. The molecule has 28 heavy (non-hydrogen) atoms. The molecule has 152 valence electrons. The molecule has 2 aromatic rings. The Bertz CT molecular complexity index is 899. The molecule has 0 amide bonds. The van der Waals surface area contributed by atoms with Crippen molar-refractivity contribution in [2.45, 2.75) is 37.0 Å². The molecule has 0 radical (unpaired) electrons. The van der Waals surface area contributed by atoms with Crippen molar-refractivity contribution in [3.05, 3.63) is 65.2 Å². The minimum atomic E-state index is -4.02. The van der Waals surface area contributed by atoms with Crippen LogP contribution in [0.4, 0.5) is 0 Å². The van der Waals surface area contributed by atoms with Crippen LogP contribution in [-0.4, -0.2) is 39.1 Å². The first kappa shape index (κ1) is 22.1. The Balaban J connectivity index is 0.000000221. The summed E-state index contributed by atoms with van der Waals surface area (Å²) in [6.45, 7) is 7.73. The van der Waals surface area contributed by atoms with Crippen molar-refractivity contribution in [1.29, 1.82) is 0 Å². The highest BCUT2D eigenvalue weighted by Crippen LogP contribution is 2.27. The molecule has 1 fully saturated rings. The van der Waals surface area contributed by atoms with Crippen LogP contribution in [-0.2, 0) is 25.1 Å². The zero-order chi connectivity index (χ0) is 20.9. The predicted octanol–water partition coefficient (Wildman–Crippen LogP) is 3.07. The minimum Gasteiger partial charge on any atom is -0.468 e. The van der Waals surface area contributed by atoms with Crippen LogP contribution >= 0.6 is 0 Å². The number of hydrogen-bond donors (Lipinski definition) is 2. The van der Waals surface area contributed by atoms with E-state index in [1.54, 1.807) is 12.1 Å². The number of benzene rings is 2. The Morgan fingerprint density at radius 3 is 2.00 bits per heavy atom. The first-order valence-electron chi connectivity index (χ1n) is 8.99. The van der Waals surface area contributed by atoms with E-state index < -0.39 is 15.5 Å². The zero-order valence-corrected chi connectivity index (χ0v) is 17.4. The summed E-state index contributed by atoms with van der Waals surface area (Å²) < 4.78 is 34.4. The highest BCUT2D eigenvalue weighted by molar-refractivity contribution is 7.85. The van der Waals surface area contributed by atoms with Crippen molar-refractivity contribution < 1.29 is 22.5 Å². The van der Waals surface area contributed by atoms with Gasteiger partial charge in [-0.15, -0.1) is 0 Å². The third-order valence-electron chi connectivity index (χ3n) is 4.90. The van der Waals surface area contributed by atoms with Crippen LogP contribution < -0.4 is 5.32 Å². The van der Waals surface area contributed by atoms with E-state index in [9.17, 15) is 13.2 Å². The average molecular weight is 406 g/mol. The van der Waals surface area contributed by atoms with Crippen LogP contribution in [0, 0.1) is 6.92 Å². The van der Waals surface area contributed by atoms with Crippen LogP contribution in [0.1, 0.15) is 36.5 Å². The van der Waals surface area contributed by atoms with E-state index in [1.165, 1.54) is 24.8 Å². The van der Waals surface area contributed by atoms with Gasteiger partial charge in [0.15, 0.2) is 0 Å². The summed E-state index contributed by atoms with van der Waals surface area (Å²) in [6, 6.07) is 14.3. The Kier molecular flexibility index (Phi) is 6.98. The van der Waals surface area contributed by atoms with Gasteiger partial charge in [0.1, 0.15) is 0 Å². The summed E-state index contributed by atoms with van der Waals surface area (Å²) in [5.41, 5.74) is 2.72. The summed E-state index contributed by atoms with van der Waals surface area (Å²) in [5, 5.41) is 3.26. The number of methoxy groups -OCH3 is 1. The topological polar surface area (TPSA) is 92.7 Å². The number of hydrogen-bond acceptors (Lipinski definition) is 5. The summed E-state index contributed by atoms with van der Waals surface area (Å²) in [5.74, 6) is 0.431. The van der Waals surface area contributed by atoms with Gasteiger partial charge < -0.3 is 10.1 Å². The van der Waals surface area contributed by atoms with Gasteiger partial charge in [-0.2, -0.15) is 8.42 Å². The molecule has 0 aromatic heterocycles. The quantitative estimate of drug-likeness (QED) is 0.600. The Morgan fingerprint density at radius 2 is 1.61 bits per heavy atom. The fraction of sp³-hybridized carbons (Fsp3) is 0.381. The van der Waals surface area contributed by atoms with E-state index in [0.717, 1.165) is 24.2 Å². The number of ether oxygens (including phenoxy) is 1. The van der Waals surface area contributed by atoms with E-state index in [4.69, 9.17) is 9.29 Å². The lowest BCUT2D eigenvalue weighted by molar-refractivity contribution is -0.146. The van der Waals surface area contributed by atoms with Gasteiger partial charge in [0, 0.05) is 19.0 Å². The van der Waals surface area contributed by atoms with Gasteiger partial charge in [-0.05, 0) is 44.0 Å². The molecule has 0 unspecified atom stereocenters. The van der Waals surface area contributed by atoms with E-state index in [1.807, 2.05) is 32.9 Å². The Morgan fingerprint density at radius 1 is 1.07 bits per heavy atom. The van der Waals surface area contributed by atoms with Gasteiger partial charge >= 0.3 is 5.97 Å². The van der Waals surface area contributed by atoms with Gasteiger partial charge in [-0.3, -0.25) is 9.35 Å². The molecule has 0 bridgehead atoms. The second-order valence-electron chi connectivity index (χ2n) is 7.38. The maximum Gasteiger partial charge on any atom is 0.315 e. The van der Waals surface area contributed by atoms with Gasteiger partial charge in [-0.1, -0.05) is 42.0 Å². The van der Waals surface area contributed by atoms with Crippen LogP contribution in [0.15, 0.2) is 53.4 Å². The third-order valence-corrected chi connectivity index (χ3v) is 5.77. The fourth-order valence-corrected chi connectivity index (χ4v) is 3.26. The molecule has 1 aliphatic heterocycles. The predicted molar refractivity (Wildman–Crippen MR) is 108 cm³/mol. The van der Waals surface area contributed by atoms with Crippen LogP contribution in [0.2, 0.25) is 0 Å². The first-order chi connectivity index (χ1) is 13.1. The van der Waals surface area contributed by atoms with Crippen molar-refractivity contribution >= 4 is 16.1 Å². The van der Waals surface area contributed by atoms with Crippen LogP contribution in [0.5, 0.6) is 0 Å². The lowest BCUT2D eigenvalue weighted by atomic mass is 9.83. The molecule has 3 rings (SSSR count). The molecule has 0 aliphatic carbocycles. The molecule has 2 aromatic carbocycles. The Labute approximate surface area is 166 Å². The largest absolute Gasteiger partial charge is 0.468 e. The monoisotopic (exact) mass is 405 g/mol. The molecule has 0 atom stereocenters. The number of aryl methyl sites for hydroxylation is 1. The lowest BCUT2D eigenvalue weighted by Gasteiger charge is -2.28.